The number of nitrogens with zero attached hydrogens (tertiary/aromatic N) is 1. The molecular formula is C16H26N2O3. The first-order valence-electron chi connectivity index (χ1n) is 7.55. The maximum atomic E-state index is 10.0. The van der Waals surface area contributed by atoms with Crippen LogP contribution in [0.25, 0.3) is 0 Å². The van der Waals surface area contributed by atoms with Gasteiger partial charge in [-0.05, 0) is 32.0 Å². The summed E-state index contributed by atoms with van der Waals surface area (Å²) in [5.74, 6) is 1.58. The lowest BCUT2D eigenvalue weighted by Gasteiger charge is -2.20. The molecule has 0 spiro atoms. The van der Waals surface area contributed by atoms with E-state index in [2.05, 4.69) is 10.2 Å². The maximum absolute atomic E-state index is 10.0. The second-order valence-corrected chi connectivity index (χ2v) is 5.47. The highest BCUT2D eigenvalue weighted by Crippen LogP contribution is 2.24. The quantitative estimate of drug-likeness (QED) is 0.756. The second kappa shape index (κ2) is 8.22. The van der Waals surface area contributed by atoms with Gasteiger partial charge in [0.25, 0.3) is 0 Å². The summed E-state index contributed by atoms with van der Waals surface area (Å²) in [5, 5.41) is 13.3. The van der Waals surface area contributed by atoms with Crippen LogP contribution in [0.2, 0.25) is 0 Å². The highest BCUT2D eigenvalue weighted by Gasteiger charge is 2.15. The number of benzene rings is 1. The van der Waals surface area contributed by atoms with Gasteiger partial charge >= 0.3 is 0 Å². The fraction of sp³-hybridized carbons (Fsp3) is 0.625. The molecule has 2 N–H and O–H groups in total. The molecule has 1 aromatic rings. The molecule has 0 saturated carbocycles. The minimum atomic E-state index is -0.327. The summed E-state index contributed by atoms with van der Waals surface area (Å²) in [6, 6.07) is 5.77. The molecule has 1 fully saturated rings. The summed E-state index contributed by atoms with van der Waals surface area (Å²) in [4.78, 5) is 2.32. The lowest BCUT2D eigenvalue weighted by atomic mass is 10.2. The van der Waals surface area contributed by atoms with Crippen LogP contribution in [0.1, 0.15) is 18.4 Å². The number of aliphatic hydroxyl groups excluding tert-OH is 1. The first-order valence-corrected chi connectivity index (χ1v) is 7.55. The average Bonchev–Trinajstić information content (AvgIpc) is 3.00. The summed E-state index contributed by atoms with van der Waals surface area (Å²) in [6.45, 7) is 4.25. The van der Waals surface area contributed by atoms with E-state index in [1.807, 2.05) is 18.2 Å². The van der Waals surface area contributed by atoms with Crippen molar-refractivity contribution >= 4 is 0 Å². The van der Waals surface area contributed by atoms with Gasteiger partial charge in [0.05, 0.1) is 20.3 Å². The Balaban J connectivity index is 1.77. The molecule has 1 aliphatic heterocycles. The van der Waals surface area contributed by atoms with E-state index in [1.165, 1.54) is 12.8 Å². The van der Waals surface area contributed by atoms with E-state index in [1.54, 1.807) is 14.2 Å². The molecule has 1 aromatic carbocycles. The third-order valence-corrected chi connectivity index (χ3v) is 3.86. The molecule has 1 saturated heterocycles. The Morgan fingerprint density at radius 2 is 2.00 bits per heavy atom. The molecular weight excluding hydrogens is 268 g/mol. The van der Waals surface area contributed by atoms with Gasteiger partial charge < -0.3 is 24.8 Å². The zero-order valence-corrected chi connectivity index (χ0v) is 13.0. The minimum absolute atomic E-state index is 0.327. The molecule has 5 heteroatoms. The van der Waals surface area contributed by atoms with Crippen molar-refractivity contribution < 1.29 is 14.6 Å². The molecule has 1 atom stereocenters. The van der Waals surface area contributed by atoms with Gasteiger partial charge in [0, 0.05) is 31.3 Å². The number of β-amino-alcohol motifs (C(OH)–C–C–N with tert-alkyl or cyclic N) is 1. The Morgan fingerprint density at radius 1 is 1.24 bits per heavy atom. The van der Waals surface area contributed by atoms with Gasteiger partial charge in [-0.2, -0.15) is 0 Å². The maximum Gasteiger partial charge on any atom is 0.127 e. The zero-order valence-electron chi connectivity index (χ0n) is 13.0. The largest absolute Gasteiger partial charge is 0.497 e. The van der Waals surface area contributed by atoms with E-state index in [4.69, 9.17) is 9.47 Å². The second-order valence-electron chi connectivity index (χ2n) is 5.47. The number of rotatable bonds is 8. The Hall–Kier alpha value is -1.30. The fourth-order valence-electron chi connectivity index (χ4n) is 2.70. The zero-order chi connectivity index (χ0) is 15.1. The van der Waals surface area contributed by atoms with Crippen molar-refractivity contribution in [2.75, 3.05) is 40.4 Å². The highest BCUT2D eigenvalue weighted by molar-refractivity contribution is 5.40. The first kappa shape index (κ1) is 16.1. The number of ether oxygens (including phenoxy) is 2. The summed E-state index contributed by atoms with van der Waals surface area (Å²) in [5.41, 5.74) is 1.06. The smallest absolute Gasteiger partial charge is 0.127 e. The highest BCUT2D eigenvalue weighted by atomic mass is 16.5. The number of nitrogens with one attached hydrogen (secondary N) is 1. The summed E-state index contributed by atoms with van der Waals surface area (Å²) < 4.78 is 10.5. The molecule has 0 aromatic heterocycles. The van der Waals surface area contributed by atoms with Crippen molar-refractivity contribution in [3.63, 3.8) is 0 Å². The van der Waals surface area contributed by atoms with Crippen LogP contribution in [0.3, 0.4) is 0 Å². The predicted molar refractivity (Wildman–Crippen MR) is 82.9 cm³/mol. The number of hydrogen-bond acceptors (Lipinski definition) is 5. The van der Waals surface area contributed by atoms with Crippen molar-refractivity contribution in [2.45, 2.75) is 25.5 Å². The van der Waals surface area contributed by atoms with Crippen molar-refractivity contribution in [3.05, 3.63) is 23.8 Å². The van der Waals surface area contributed by atoms with Gasteiger partial charge in [0.1, 0.15) is 11.5 Å². The molecule has 118 valence electrons. The van der Waals surface area contributed by atoms with Crippen LogP contribution in [0.5, 0.6) is 11.5 Å². The Morgan fingerprint density at radius 3 is 2.67 bits per heavy atom. The normalized spacial score (nSPS) is 16.9. The average molecular weight is 294 g/mol. The third-order valence-electron chi connectivity index (χ3n) is 3.86. The Labute approximate surface area is 126 Å². The lowest BCUT2D eigenvalue weighted by Crippen LogP contribution is -2.36. The molecule has 0 aliphatic carbocycles. The Bertz CT molecular complexity index is 434. The van der Waals surface area contributed by atoms with E-state index >= 15 is 0 Å². The molecule has 21 heavy (non-hydrogen) atoms. The van der Waals surface area contributed by atoms with Crippen LogP contribution in [0, 0.1) is 0 Å². The van der Waals surface area contributed by atoms with Gasteiger partial charge in [0.2, 0.25) is 0 Å². The van der Waals surface area contributed by atoms with Crippen LogP contribution in [0.15, 0.2) is 18.2 Å². The number of methoxy groups -OCH3 is 2. The van der Waals surface area contributed by atoms with Crippen molar-refractivity contribution in [1.82, 2.24) is 10.2 Å². The molecule has 1 unspecified atom stereocenters. The van der Waals surface area contributed by atoms with E-state index in [-0.39, 0.29) is 6.10 Å². The van der Waals surface area contributed by atoms with Crippen LogP contribution < -0.4 is 14.8 Å². The van der Waals surface area contributed by atoms with E-state index in [0.717, 1.165) is 36.7 Å². The molecule has 2 rings (SSSR count). The SMILES string of the molecule is COc1ccc(CNCC(O)CN2CCCC2)c(OC)c1. The van der Waals surface area contributed by atoms with Crippen LogP contribution in [0.4, 0.5) is 0 Å². The van der Waals surface area contributed by atoms with Crippen LogP contribution in [-0.4, -0.2) is 56.5 Å². The van der Waals surface area contributed by atoms with Crippen molar-refractivity contribution in [3.8, 4) is 11.5 Å². The van der Waals surface area contributed by atoms with Gasteiger partial charge in [-0.25, -0.2) is 0 Å². The van der Waals surface area contributed by atoms with E-state index in [0.29, 0.717) is 13.1 Å². The third kappa shape index (κ3) is 4.88. The number of likely N-dealkylation sites (tertiary alicyclic amines) is 1. The monoisotopic (exact) mass is 294 g/mol. The number of aliphatic hydroxyl groups is 1. The Kier molecular flexibility index (Phi) is 6.29. The molecule has 0 amide bonds. The molecule has 5 nitrogen and oxygen atoms in total. The van der Waals surface area contributed by atoms with Gasteiger partial charge in [-0.1, -0.05) is 6.07 Å². The van der Waals surface area contributed by atoms with Gasteiger partial charge in [-0.3, -0.25) is 0 Å². The van der Waals surface area contributed by atoms with Crippen LogP contribution in [-0.2, 0) is 6.54 Å². The van der Waals surface area contributed by atoms with E-state index < -0.39 is 0 Å². The summed E-state index contributed by atoms with van der Waals surface area (Å²) in [6.07, 6.45) is 2.18. The molecule has 0 radical (unpaired) electrons. The number of hydrogen-bond donors (Lipinski definition) is 2. The van der Waals surface area contributed by atoms with Crippen molar-refractivity contribution in [2.24, 2.45) is 0 Å². The molecule has 1 aliphatic rings. The van der Waals surface area contributed by atoms with Crippen LogP contribution >= 0.6 is 0 Å². The minimum Gasteiger partial charge on any atom is -0.497 e. The summed E-state index contributed by atoms with van der Waals surface area (Å²) >= 11 is 0. The predicted octanol–water partition coefficient (Wildman–Crippen LogP) is 1.25. The van der Waals surface area contributed by atoms with Gasteiger partial charge in [0.15, 0.2) is 0 Å². The summed E-state index contributed by atoms with van der Waals surface area (Å²) in [7, 11) is 3.29. The fourth-order valence-corrected chi connectivity index (χ4v) is 2.70. The van der Waals surface area contributed by atoms with E-state index in [9.17, 15) is 5.11 Å². The van der Waals surface area contributed by atoms with Crippen molar-refractivity contribution in [1.29, 1.82) is 0 Å². The first-order chi connectivity index (χ1) is 10.2. The standard InChI is InChI=1S/C16H26N2O3/c1-20-15-6-5-13(16(9-15)21-2)10-17-11-14(19)12-18-7-3-4-8-18/h5-6,9,14,17,19H,3-4,7-8,10-12H2,1-2H3. The van der Waals surface area contributed by atoms with Gasteiger partial charge in [-0.15, -0.1) is 0 Å². The molecule has 0 bridgehead atoms. The molecule has 1 heterocycles. The lowest BCUT2D eigenvalue weighted by molar-refractivity contribution is 0.123. The topological polar surface area (TPSA) is 54.0 Å².